The van der Waals surface area contributed by atoms with Gasteiger partial charge in [0.1, 0.15) is 5.75 Å². The van der Waals surface area contributed by atoms with Gasteiger partial charge in [0.05, 0.1) is 23.5 Å². The standard InChI is InChI=1S/C14H19NO5S2/c1-20-13-4-6-14(7-5-13)22(18,19)15(11-2-3-11)12-8-9-21(16,17)10-12/h4-7,11-12H,2-3,8-10H2,1H3/t12-/m0/s1. The topological polar surface area (TPSA) is 80.8 Å². The molecule has 3 rings (SSSR count). The molecule has 0 unspecified atom stereocenters. The molecule has 1 aromatic carbocycles. The van der Waals surface area contributed by atoms with Crippen LogP contribution in [0.4, 0.5) is 0 Å². The molecule has 0 aromatic heterocycles. The normalized spacial score (nSPS) is 24.5. The molecule has 122 valence electrons. The molecule has 1 atom stereocenters. The van der Waals surface area contributed by atoms with E-state index in [1.54, 1.807) is 12.1 Å². The third-order valence-corrected chi connectivity index (χ3v) is 7.88. The van der Waals surface area contributed by atoms with Crippen LogP contribution >= 0.6 is 0 Å². The van der Waals surface area contributed by atoms with Crippen molar-refractivity contribution in [1.82, 2.24) is 4.31 Å². The molecular weight excluding hydrogens is 326 g/mol. The van der Waals surface area contributed by atoms with Crippen LogP contribution in [0, 0.1) is 0 Å². The second-order valence-corrected chi connectivity index (χ2v) is 9.87. The highest BCUT2D eigenvalue weighted by atomic mass is 32.2. The minimum absolute atomic E-state index is 0.0644. The van der Waals surface area contributed by atoms with Crippen LogP contribution < -0.4 is 4.74 Å². The molecule has 1 aliphatic heterocycles. The van der Waals surface area contributed by atoms with E-state index in [9.17, 15) is 16.8 Å². The minimum Gasteiger partial charge on any atom is -0.497 e. The van der Waals surface area contributed by atoms with Gasteiger partial charge in [-0.25, -0.2) is 16.8 Å². The Labute approximate surface area is 131 Å². The molecule has 0 amide bonds. The molecule has 0 radical (unpaired) electrons. The van der Waals surface area contributed by atoms with Gasteiger partial charge in [-0.15, -0.1) is 0 Å². The van der Waals surface area contributed by atoms with E-state index in [0.29, 0.717) is 12.2 Å². The number of hydrogen-bond donors (Lipinski definition) is 0. The van der Waals surface area contributed by atoms with Gasteiger partial charge in [0.2, 0.25) is 10.0 Å². The first-order chi connectivity index (χ1) is 10.3. The van der Waals surface area contributed by atoms with Crippen molar-refractivity contribution in [3.05, 3.63) is 24.3 Å². The number of ether oxygens (including phenoxy) is 1. The Bertz CT molecular complexity index is 751. The van der Waals surface area contributed by atoms with Crippen molar-refractivity contribution in [1.29, 1.82) is 0 Å². The van der Waals surface area contributed by atoms with Gasteiger partial charge in [-0.1, -0.05) is 0 Å². The summed E-state index contributed by atoms with van der Waals surface area (Å²) in [5.41, 5.74) is 0. The van der Waals surface area contributed by atoms with E-state index < -0.39 is 25.9 Å². The van der Waals surface area contributed by atoms with Crippen LogP contribution in [0.25, 0.3) is 0 Å². The predicted octanol–water partition coefficient (Wildman–Crippen LogP) is 1.04. The summed E-state index contributed by atoms with van der Waals surface area (Å²) < 4.78 is 55.7. The number of nitrogens with zero attached hydrogens (tertiary/aromatic N) is 1. The van der Waals surface area contributed by atoms with Crippen LogP contribution in [-0.2, 0) is 19.9 Å². The fourth-order valence-corrected chi connectivity index (χ4v) is 6.57. The minimum atomic E-state index is -3.68. The highest BCUT2D eigenvalue weighted by Gasteiger charge is 2.46. The van der Waals surface area contributed by atoms with E-state index >= 15 is 0 Å². The Morgan fingerprint density at radius 3 is 2.18 bits per heavy atom. The Morgan fingerprint density at radius 2 is 1.73 bits per heavy atom. The number of benzene rings is 1. The monoisotopic (exact) mass is 345 g/mol. The molecule has 1 heterocycles. The summed E-state index contributed by atoms with van der Waals surface area (Å²) in [6, 6.07) is 5.71. The average Bonchev–Trinajstić information content (AvgIpc) is 3.23. The SMILES string of the molecule is COc1ccc(S(=O)(=O)N(C2CC2)[C@H]2CCS(=O)(=O)C2)cc1. The molecular formula is C14H19NO5S2. The van der Waals surface area contributed by atoms with Crippen molar-refractivity contribution < 1.29 is 21.6 Å². The van der Waals surface area contributed by atoms with Crippen LogP contribution in [0.3, 0.4) is 0 Å². The molecule has 1 aromatic rings. The van der Waals surface area contributed by atoms with Gasteiger partial charge in [-0.3, -0.25) is 0 Å². The maximum absolute atomic E-state index is 12.9. The zero-order chi connectivity index (χ0) is 16.0. The first-order valence-corrected chi connectivity index (χ1v) is 10.5. The third-order valence-electron chi connectivity index (χ3n) is 4.11. The summed E-state index contributed by atoms with van der Waals surface area (Å²) >= 11 is 0. The molecule has 1 saturated carbocycles. The predicted molar refractivity (Wildman–Crippen MR) is 82.1 cm³/mol. The lowest BCUT2D eigenvalue weighted by atomic mass is 10.2. The van der Waals surface area contributed by atoms with Gasteiger partial charge < -0.3 is 4.74 Å². The van der Waals surface area contributed by atoms with Crippen molar-refractivity contribution >= 4 is 19.9 Å². The molecule has 22 heavy (non-hydrogen) atoms. The van der Waals surface area contributed by atoms with Crippen molar-refractivity contribution in [2.75, 3.05) is 18.6 Å². The number of rotatable bonds is 5. The van der Waals surface area contributed by atoms with E-state index in [1.165, 1.54) is 23.5 Å². The van der Waals surface area contributed by atoms with Gasteiger partial charge in [0.15, 0.2) is 9.84 Å². The largest absolute Gasteiger partial charge is 0.497 e. The van der Waals surface area contributed by atoms with E-state index in [-0.39, 0.29) is 22.4 Å². The highest BCUT2D eigenvalue weighted by molar-refractivity contribution is 7.92. The summed E-state index contributed by atoms with van der Waals surface area (Å²) in [6.07, 6.45) is 1.98. The zero-order valence-corrected chi connectivity index (χ0v) is 13.9. The Morgan fingerprint density at radius 1 is 1.09 bits per heavy atom. The molecule has 0 N–H and O–H groups in total. The lowest BCUT2D eigenvalue weighted by molar-refractivity contribution is 0.332. The van der Waals surface area contributed by atoms with E-state index in [4.69, 9.17) is 4.74 Å². The van der Waals surface area contributed by atoms with Crippen LogP contribution in [0.1, 0.15) is 19.3 Å². The van der Waals surface area contributed by atoms with Gasteiger partial charge in [0.25, 0.3) is 0 Å². The van der Waals surface area contributed by atoms with Crippen LogP contribution in [0.5, 0.6) is 5.75 Å². The van der Waals surface area contributed by atoms with Gasteiger partial charge in [0, 0.05) is 12.1 Å². The first kappa shape index (κ1) is 15.8. The Hall–Kier alpha value is -1.12. The number of methoxy groups -OCH3 is 1. The average molecular weight is 345 g/mol. The van der Waals surface area contributed by atoms with Crippen molar-refractivity contribution in [3.8, 4) is 5.75 Å². The highest BCUT2D eigenvalue weighted by Crippen LogP contribution is 2.37. The molecule has 2 aliphatic rings. The second kappa shape index (κ2) is 5.50. The number of sulfone groups is 1. The quantitative estimate of drug-likeness (QED) is 0.796. The summed E-state index contributed by atoms with van der Waals surface area (Å²) in [6.45, 7) is 0. The van der Waals surface area contributed by atoms with E-state index in [2.05, 4.69) is 0 Å². The Kier molecular flexibility index (Phi) is 3.94. The fourth-order valence-electron chi connectivity index (χ4n) is 2.87. The molecule has 0 spiro atoms. The van der Waals surface area contributed by atoms with E-state index in [0.717, 1.165) is 12.8 Å². The maximum atomic E-state index is 12.9. The smallest absolute Gasteiger partial charge is 0.243 e. The van der Waals surface area contributed by atoms with Crippen molar-refractivity contribution in [3.63, 3.8) is 0 Å². The third kappa shape index (κ3) is 3.00. The van der Waals surface area contributed by atoms with Gasteiger partial charge >= 0.3 is 0 Å². The van der Waals surface area contributed by atoms with Gasteiger partial charge in [-0.05, 0) is 43.5 Å². The molecule has 8 heteroatoms. The summed E-state index contributed by atoms with van der Waals surface area (Å²) in [5.74, 6) is 0.582. The van der Waals surface area contributed by atoms with Crippen LogP contribution in [0.2, 0.25) is 0 Å². The van der Waals surface area contributed by atoms with Crippen molar-refractivity contribution in [2.24, 2.45) is 0 Å². The first-order valence-electron chi connectivity index (χ1n) is 7.21. The lowest BCUT2D eigenvalue weighted by Crippen LogP contribution is -2.42. The summed E-state index contributed by atoms with van der Waals surface area (Å²) in [5, 5.41) is 0. The number of hydrogen-bond acceptors (Lipinski definition) is 5. The van der Waals surface area contributed by atoms with E-state index in [1.807, 2.05) is 0 Å². The fraction of sp³-hybridized carbons (Fsp3) is 0.571. The zero-order valence-electron chi connectivity index (χ0n) is 12.3. The van der Waals surface area contributed by atoms with Gasteiger partial charge in [-0.2, -0.15) is 4.31 Å². The van der Waals surface area contributed by atoms with Crippen LogP contribution in [0.15, 0.2) is 29.2 Å². The molecule has 6 nitrogen and oxygen atoms in total. The Balaban J connectivity index is 1.93. The maximum Gasteiger partial charge on any atom is 0.243 e. The molecule has 1 saturated heterocycles. The van der Waals surface area contributed by atoms with Crippen molar-refractivity contribution in [2.45, 2.75) is 36.2 Å². The second-order valence-electron chi connectivity index (χ2n) is 5.80. The lowest BCUT2D eigenvalue weighted by Gasteiger charge is -2.27. The van der Waals surface area contributed by atoms with Crippen LogP contribution in [-0.4, -0.2) is 51.8 Å². The molecule has 1 aliphatic carbocycles. The number of sulfonamides is 1. The summed E-state index contributed by atoms with van der Waals surface area (Å²) in [4.78, 5) is 0.185. The molecule has 0 bridgehead atoms. The molecule has 2 fully saturated rings. The summed E-state index contributed by atoms with van der Waals surface area (Å²) in [7, 11) is -5.29.